The molecule has 0 aliphatic carbocycles. The zero-order valence-corrected chi connectivity index (χ0v) is 13.4. The maximum Gasteiger partial charge on any atom is 0.335 e. The highest BCUT2D eigenvalue weighted by atomic mass is 19.1. The Morgan fingerprint density at radius 1 is 1.30 bits per heavy atom. The van der Waals surface area contributed by atoms with Crippen LogP contribution in [0.4, 0.5) is 4.39 Å². The molecular weight excluding hydrogens is 301 g/mol. The second-order valence-electron chi connectivity index (χ2n) is 6.21. The summed E-state index contributed by atoms with van der Waals surface area (Å²) < 4.78 is 19.6. The van der Waals surface area contributed by atoms with Crippen LogP contribution in [-0.4, -0.2) is 40.8 Å². The summed E-state index contributed by atoms with van der Waals surface area (Å²) in [4.78, 5) is 24.3. The molecule has 1 aliphatic heterocycles. The number of ether oxygens (including phenoxy) is 1. The molecule has 0 bridgehead atoms. The van der Waals surface area contributed by atoms with E-state index in [1.54, 1.807) is 12.1 Å². The van der Waals surface area contributed by atoms with Gasteiger partial charge in [-0.3, -0.25) is 4.79 Å². The number of aromatic carboxylic acids is 1. The zero-order chi connectivity index (χ0) is 17.0. The average molecular weight is 323 g/mol. The molecule has 1 fully saturated rings. The van der Waals surface area contributed by atoms with E-state index >= 15 is 0 Å². The van der Waals surface area contributed by atoms with E-state index in [1.807, 2.05) is 13.8 Å². The van der Waals surface area contributed by atoms with Crippen LogP contribution in [0, 0.1) is 5.92 Å². The average Bonchev–Trinajstić information content (AvgIpc) is 2.86. The summed E-state index contributed by atoms with van der Waals surface area (Å²) in [6.07, 6.45) is -0.0256. The minimum atomic E-state index is -1.25. The largest absolute Gasteiger partial charge is 0.491 e. The number of hydrogen-bond donors (Lipinski definition) is 1. The number of alkyl halides is 1. The minimum absolute atomic E-state index is 0.177. The van der Waals surface area contributed by atoms with Crippen molar-refractivity contribution in [3.63, 3.8) is 0 Å². The van der Waals surface area contributed by atoms with Gasteiger partial charge in [0.15, 0.2) is 6.30 Å². The summed E-state index contributed by atoms with van der Waals surface area (Å²) in [6.45, 7) is 4.06. The first-order valence-corrected chi connectivity index (χ1v) is 7.80. The zero-order valence-electron chi connectivity index (χ0n) is 13.4. The summed E-state index contributed by atoms with van der Waals surface area (Å²) >= 11 is 0. The highest BCUT2D eigenvalue weighted by Crippen LogP contribution is 2.27. The van der Waals surface area contributed by atoms with E-state index in [0.29, 0.717) is 25.0 Å². The van der Waals surface area contributed by atoms with Gasteiger partial charge in [0.2, 0.25) is 5.91 Å². The first kappa shape index (κ1) is 17.2. The summed E-state index contributed by atoms with van der Waals surface area (Å²) in [5.74, 6) is -0.494. The van der Waals surface area contributed by atoms with Gasteiger partial charge in [0.1, 0.15) is 12.4 Å². The molecule has 0 saturated carbocycles. The fourth-order valence-electron chi connectivity index (χ4n) is 2.70. The Hall–Kier alpha value is -2.11. The van der Waals surface area contributed by atoms with E-state index in [9.17, 15) is 14.0 Å². The van der Waals surface area contributed by atoms with Crippen molar-refractivity contribution < 1.29 is 23.8 Å². The highest BCUT2D eigenvalue weighted by Gasteiger charge is 2.37. The third-order valence-corrected chi connectivity index (χ3v) is 3.85. The lowest BCUT2D eigenvalue weighted by Crippen LogP contribution is -2.42. The molecule has 1 aromatic carbocycles. The molecule has 1 N–H and O–H groups in total. The molecule has 1 aromatic rings. The van der Waals surface area contributed by atoms with Gasteiger partial charge in [-0.1, -0.05) is 13.8 Å². The lowest BCUT2D eigenvalue weighted by molar-refractivity contribution is -0.138. The Kier molecular flexibility index (Phi) is 5.58. The predicted octanol–water partition coefficient (Wildman–Crippen LogP) is 3.10. The monoisotopic (exact) mass is 323 g/mol. The molecule has 2 rings (SSSR count). The first-order chi connectivity index (χ1) is 10.9. The van der Waals surface area contributed by atoms with E-state index in [-0.39, 0.29) is 30.0 Å². The highest BCUT2D eigenvalue weighted by molar-refractivity contribution is 5.87. The number of likely N-dealkylation sites (tertiary alicyclic amines) is 1. The third-order valence-electron chi connectivity index (χ3n) is 3.85. The molecule has 1 saturated heterocycles. The number of carboxylic acid groups (broad SMARTS) is 1. The van der Waals surface area contributed by atoms with Crippen LogP contribution in [0.2, 0.25) is 0 Å². The lowest BCUT2D eigenvalue weighted by Gasteiger charge is -2.27. The van der Waals surface area contributed by atoms with Crippen LogP contribution in [0.25, 0.3) is 0 Å². The van der Waals surface area contributed by atoms with Crippen LogP contribution in [0.1, 0.15) is 43.5 Å². The summed E-state index contributed by atoms with van der Waals surface area (Å²) in [5, 5.41) is 8.85. The van der Waals surface area contributed by atoms with E-state index in [1.165, 1.54) is 17.0 Å². The van der Waals surface area contributed by atoms with Crippen LogP contribution in [-0.2, 0) is 4.79 Å². The maximum absolute atomic E-state index is 14.0. The van der Waals surface area contributed by atoms with Crippen LogP contribution in [0.3, 0.4) is 0 Å². The smallest absolute Gasteiger partial charge is 0.335 e. The van der Waals surface area contributed by atoms with Crippen molar-refractivity contribution in [3.8, 4) is 5.75 Å². The number of halogens is 1. The van der Waals surface area contributed by atoms with Crippen molar-refractivity contribution in [3.05, 3.63) is 29.8 Å². The number of hydrogen-bond acceptors (Lipinski definition) is 3. The Labute approximate surface area is 135 Å². The molecule has 0 radical (unpaired) electrons. The van der Waals surface area contributed by atoms with Gasteiger partial charge in [-0.05, 0) is 43.0 Å². The minimum Gasteiger partial charge on any atom is -0.491 e. The van der Waals surface area contributed by atoms with Gasteiger partial charge >= 0.3 is 5.97 Å². The van der Waals surface area contributed by atoms with Gasteiger partial charge in [-0.25, -0.2) is 9.18 Å². The van der Waals surface area contributed by atoms with Gasteiger partial charge in [-0.15, -0.1) is 0 Å². The first-order valence-electron chi connectivity index (χ1n) is 7.80. The summed E-state index contributed by atoms with van der Waals surface area (Å²) in [7, 11) is 0. The van der Waals surface area contributed by atoms with Gasteiger partial charge in [0.05, 0.1) is 11.6 Å². The molecule has 2 unspecified atom stereocenters. The maximum atomic E-state index is 14.0. The molecule has 6 heteroatoms. The molecular formula is C17H22FNO4. The van der Waals surface area contributed by atoms with E-state index in [0.717, 1.165) is 0 Å². The Bertz CT molecular complexity index is 558. The van der Waals surface area contributed by atoms with Crippen molar-refractivity contribution in [1.29, 1.82) is 0 Å². The third kappa shape index (κ3) is 4.43. The van der Waals surface area contributed by atoms with E-state index in [4.69, 9.17) is 9.84 Å². The van der Waals surface area contributed by atoms with Crippen LogP contribution < -0.4 is 4.74 Å². The number of rotatable bonds is 6. The van der Waals surface area contributed by atoms with E-state index in [2.05, 4.69) is 0 Å². The molecule has 5 nitrogen and oxygen atoms in total. The standard InChI is InChI=1S/C17H22FNO4/c1-11(2)9-16(20)19-13(5-8-15(19)18)10-23-14-6-3-12(4-7-14)17(21)22/h3-4,6-7,11,13,15H,5,8-10H2,1-2H3,(H,21,22). The SMILES string of the molecule is CC(C)CC(=O)N1C(F)CCC1COc1ccc(C(=O)O)cc1. The van der Waals surface area contributed by atoms with Crippen LogP contribution in [0.15, 0.2) is 24.3 Å². The van der Waals surface area contributed by atoms with Crippen molar-refractivity contribution >= 4 is 11.9 Å². The molecule has 126 valence electrons. The molecule has 2 atom stereocenters. The number of carbonyl (C=O) groups excluding carboxylic acids is 1. The number of carbonyl (C=O) groups is 2. The number of amides is 1. The Balaban J connectivity index is 1.95. The molecule has 1 aliphatic rings. The van der Waals surface area contributed by atoms with Gasteiger partial charge in [0.25, 0.3) is 0 Å². The fourth-order valence-corrected chi connectivity index (χ4v) is 2.70. The van der Waals surface area contributed by atoms with Gasteiger partial charge < -0.3 is 14.7 Å². The number of benzene rings is 1. The fraction of sp³-hybridized carbons (Fsp3) is 0.529. The summed E-state index contributed by atoms with van der Waals surface area (Å²) in [6, 6.07) is 5.74. The number of nitrogens with zero attached hydrogens (tertiary/aromatic N) is 1. The van der Waals surface area contributed by atoms with Crippen LogP contribution in [0.5, 0.6) is 5.75 Å². The molecule has 1 amide bonds. The second kappa shape index (κ2) is 7.44. The number of carboxylic acids is 1. The van der Waals surface area contributed by atoms with E-state index < -0.39 is 12.3 Å². The van der Waals surface area contributed by atoms with Crippen LogP contribution >= 0.6 is 0 Å². The Morgan fingerprint density at radius 3 is 2.52 bits per heavy atom. The van der Waals surface area contributed by atoms with Crippen molar-refractivity contribution in [2.24, 2.45) is 5.92 Å². The Morgan fingerprint density at radius 2 is 1.96 bits per heavy atom. The molecule has 0 aromatic heterocycles. The van der Waals surface area contributed by atoms with Crippen molar-refractivity contribution in [1.82, 2.24) is 4.90 Å². The molecule has 1 heterocycles. The molecule has 0 spiro atoms. The normalized spacial score (nSPS) is 20.8. The lowest BCUT2D eigenvalue weighted by atomic mass is 10.1. The second-order valence-corrected chi connectivity index (χ2v) is 6.21. The quantitative estimate of drug-likeness (QED) is 0.817. The molecule has 23 heavy (non-hydrogen) atoms. The topological polar surface area (TPSA) is 66.8 Å². The van der Waals surface area contributed by atoms with Crippen molar-refractivity contribution in [2.45, 2.75) is 45.4 Å². The van der Waals surface area contributed by atoms with Crippen molar-refractivity contribution in [2.75, 3.05) is 6.61 Å². The predicted molar refractivity (Wildman–Crippen MR) is 83.1 cm³/mol. The summed E-state index contributed by atoms with van der Waals surface area (Å²) in [5.41, 5.74) is 0.177. The van der Waals surface area contributed by atoms with Gasteiger partial charge in [0, 0.05) is 6.42 Å². The van der Waals surface area contributed by atoms with Gasteiger partial charge in [-0.2, -0.15) is 0 Å².